The maximum Gasteiger partial charge on any atom is 0.0471 e. The molecule has 0 aromatic rings. The maximum absolute atomic E-state index is 9.22. The molecule has 0 amide bonds. The highest BCUT2D eigenvalue weighted by atomic mass is 16.3. The van der Waals surface area contributed by atoms with Crippen LogP contribution in [-0.2, 0) is 0 Å². The van der Waals surface area contributed by atoms with Gasteiger partial charge in [-0.25, -0.2) is 0 Å². The van der Waals surface area contributed by atoms with Crippen molar-refractivity contribution < 1.29 is 5.11 Å². The fourth-order valence-electron chi connectivity index (χ4n) is 3.58. The third-order valence-electron chi connectivity index (χ3n) is 4.69. The molecule has 0 spiro atoms. The van der Waals surface area contributed by atoms with Gasteiger partial charge in [0, 0.05) is 25.7 Å². The molecular weight excluding hydrogens is 224 g/mol. The van der Waals surface area contributed by atoms with Crippen LogP contribution in [0.5, 0.6) is 0 Å². The summed E-state index contributed by atoms with van der Waals surface area (Å²) in [6, 6.07) is 0.742. The van der Waals surface area contributed by atoms with E-state index in [0.717, 1.165) is 18.5 Å². The van der Waals surface area contributed by atoms with Crippen LogP contribution in [0.2, 0.25) is 0 Å². The van der Waals surface area contributed by atoms with E-state index in [0.29, 0.717) is 12.5 Å². The van der Waals surface area contributed by atoms with Gasteiger partial charge in [0.2, 0.25) is 0 Å². The van der Waals surface area contributed by atoms with Crippen molar-refractivity contribution in [2.45, 2.75) is 51.5 Å². The van der Waals surface area contributed by atoms with Crippen molar-refractivity contribution in [1.29, 1.82) is 0 Å². The second kappa shape index (κ2) is 7.46. The minimum Gasteiger partial charge on any atom is -0.396 e. The SMILES string of the molecule is CCCNC1CCCCC1CN1CCC(CO)C1. The summed E-state index contributed by atoms with van der Waals surface area (Å²) in [5.41, 5.74) is 0. The van der Waals surface area contributed by atoms with E-state index in [1.54, 1.807) is 0 Å². The summed E-state index contributed by atoms with van der Waals surface area (Å²) in [6.45, 7) is 7.35. The maximum atomic E-state index is 9.22. The van der Waals surface area contributed by atoms with Crippen LogP contribution in [0.4, 0.5) is 0 Å². The van der Waals surface area contributed by atoms with Gasteiger partial charge in [-0.3, -0.25) is 0 Å². The first kappa shape index (κ1) is 14.3. The molecule has 106 valence electrons. The number of likely N-dealkylation sites (tertiary alicyclic amines) is 1. The van der Waals surface area contributed by atoms with Crippen molar-refractivity contribution in [3.05, 3.63) is 0 Å². The van der Waals surface area contributed by atoms with Gasteiger partial charge in [-0.2, -0.15) is 0 Å². The van der Waals surface area contributed by atoms with Crippen molar-refractivity contribution >= 4 is 0 Å². The van der Waals surface area contributed by atoms with E-state index < -0.39 is 0 Å². The molecule has 18 heavy (non-hydrogen) atoms. The Kier molecular flexibility index (Phi) is 5.93. The van der Waals surface area contributed by atoms with Crippen LogP contribution in [0.25, 0.3) is 0 Å². The summed E-state index contributed by atoms with van der Waals surface area (Å²) in [5, 5.41) is 13.0. The molecule has 1 saturated heterocycles. The summed E-state index contributed by atoms with van der Waals surface area (Å²) in [5.74, 6) is 1.37. The fourth-order valence-corrected chi connectivity index (χ4v) is 3.58. The number of nitrogens with zero attached hydrogens (tertiary/aromatic N) is 1. The Bertz CT molecular complexity index is 235. The lowest BCUT2D eigenvalue weighted by Gasteiger charge is -2.35. The lowest BCUT2D eigenvalue weighted by atomic mass is 9.84. The normalized spacial score (nSPS) is 34.0. The highest BCUT2D eigenvalue weighted by Gasteiger charge is 2.29. The molecule has 3 nitrogen and oxygen atoms in total. The second-order valence-electron chi connectivity index (χ2n) is 6.20. The predicted octanol–water partition coefficient (Wildman–Crippen LogP) is 1.86. The molecule has 2 rings (SSSR count). The van der Waals surface area contributed by atoms with Crippen molar-refractivity contribution in [3.63, 3.8) is 0 Å². The molecular formula is C15H30N2O. The Balaban J connectivity index is 1.78. The quantitative estimate of drug-likeness (QED) is 0.759. The molecule has 3 unspecified atom stereocenters. The van der Waals surface area contributed by atoms with Crippen LogP contribution in [0.1, 0.15) is 45.4 Å². The Labute approximate surface area is 112 Å². The Hall–Kier alpha value is -0.120. The molecule has 1 aliphatic heterocycles. The highest BCUT2D eigenvalue weighted by molar-refractivity contribution is 4.85. The molecule has 3 atom stereocenters. The topological polar surface area (TPSA) is 35.5 Å². The first-order valence-electron chi connectivity index (χ1n) is 7.90. The zero-order valence-corrected chi connectivity index (χ0v) is 11.9. The molecule has 1 saturated carbocycles. The van der Waals surface area contributed by atoms with Crippen LogP contribution >= 0.6 is 0 Å². The summed E-state index contributed by atoms with van der Waals surface area (Å²) in [6.07, 6.45) is 7.99. The molecule has 2 aliphatic rings. The van der Waals surface area contributed by atoms with E-state index in [4.69, 9.17) is 0 Å². The molecule has 0 radical (unpaired) electrons. The van der Waals surface area contributed by atoms with E-state index >= 15 is 0 Å². The van der Waals surface area contributed by atoms with Gasteiger partial charge in [0.15, 0.2) is 0 Å². The van der Waals surface area contributed by atoms with E-state index in [1.807, 2.05) is 0 Å². The first-order valence-corrected chi connectivity index (χ1v) is 7.90. The number of hydrogen-bond acceptors (Lipinski definition) is 3. The van der Waals surface area contributed by atoms with Crippen LogP contribution in [0.3, 0.4) is 0 Å². The standard InChI is InChI=1S/C15H30N2O/c1-2-8-16-15-6-4-3-5-14(15)11-17-9-7-13(10-17)12-18/h13-16,18H,2-12H2,1H3. The van der Waals surface area contributed by atoms with Crippen LogP contribution in [0, 0.1) is 11.8 Å². The first-order chi connectivity index (χ1) is 8.83. The van der Waals surface area contributed by atoms with Gasteiger partial charge in [-0.05, 0) is 50.6 Å². The lowest BCUT2D eigenvalue weighted by Crippen LogP contribution is -2.44. The molecule has 0 bridgehead atoms. The molecule has 1 heterocycles. The molecule has 3 heteroatoms. The summed E-state index contributed by atoms with van der Waals surface area (Å²) in [4.78, 5) is 2.58. The average Bonchev–Trinajstić information content (AvgIpc) is 2.85. The molecule has 2 fully saturated rings. The van der Waals surface area contributed by atoms with Gasteiger partial charge >= 0.3 is 0 Å². The zero-order chi connectivity index (χ0) is 12.8. The Morgan fingerprint density at radius 3 is 2.78 bits per heavy atom. The lowest BCUT2D eigenvalue weighted by molar-refractivity contribution is 0.175. The molecule has 2 N–H and O–H groups in total. The van der Waals surface area contributed by atoms with Crippen LogP contribution in [0.15, 0.2) is 0 Å². The van der Waals surface area contributed by atoms with Crippen molar-refractivity contribution in [1.82, 2.24) is 10.2 Å². The average molecular weight is 254 g/mol. The van der Waals surface area contributed by atoms with Gasteiger partial charge in [-0.15, -0.1) is 0 Å². The summed E-state index contributed by atoms with van der Waals surface area (Å²) >= 11 is 0. The largest absolute Gasteiger partial charge is 0.396 e. The summed E-state index contributed by atoms with van der Waals surface area (Å²) < 4.78 is 0. The number of aliphatic hydroxyl groups excluding tert-OH is 1. The van der Waals surface area contributed by atoms with Crippen LogP contribution in [-0.4, -0.2) is 48.8 Å². The third-order valence-corrected chi connectivity index (χ3v) is 4.69. The van der Waals surface area contributed by atoms with Gasteiger partial charge in [0.1, 0.15) is 0 Å². The Morgan fingerprint density at radius 2 is 2.06 bits per heavy atom. The summed E-state index contributed by atoms with van der Waals surface area (Å²) in [7, 11) is 0. The molecule has 0 aromatic heterocycles. The number of hydrogen-bond donors (Lipinski definition) is 2. The highest BCUT2D eigenvalue weighted by Crippen LogP contribution is 2.27. The monoisotopic (exact) mass is 254 g/mol. The van der Waals surface area contributed by atoms with E-state index in [2.05, 4.69) is 17.1 Å². The zero-order valence-electron chi connectivity index (χ0n) is 11.9. The van der Waals surface area contributed by atoms with Gasteiger partial charge in [0.25, 0.3) is 0 Å². The van der Waals surface area contributed by atoms with Gasteiger partial charge < -0.3 is 15.3 Å². The molecule has 1 aliphatic carbocycles. The number of rotatable bonds is 6. The molecule has 0 aromatic carbocycles. The van der Waals surface area contributed by atoms with Crippen molar-refractivity contribution in [2.24, 2.45) is 11.8 Å². The van der Waals surface area contributed by atoms with E-state index in [-0.39, 0.29) is 0 Å². The minimum absolute atomic E-state index is 0.374. The minimum atomic E-state index is 0.374. The Morgan fingerprint density at radius 1 is 1.22 bits per heavy atom. The third kappa shape index (κ3) is 3.94. The van der Waals surface area contributed by atoms with Crippen molar-refractivity contribution in [2.75, 3.05) is 32.8 Å². The van der Waals surface area contributed by atoms with Gasteiger partial charge in [-0.1, -0.05) is 19.8 Å². The number of aliphatic hydroxyl groups is 1. The van der Waals surface area contributed by atoms with Crippen molar-refractivity contribution in [3.8, 4) is 0 Å². The second-order valence-corrected chi connectivity index (χ2v) is 6.20. The fraction of sp³-hybridized carbons (Fsp3) is 1.00. The van der Waals surface area contributed by atoms with Crippen LogP contribution < -0.4 is 5.32 Å². The van der Waals surface area contributed by atoms with E-state index in [9.17, 15) is 5.11 Å². The predicted molar refractivity (Wildman–Crippen MR) is 75.7 cm³/mol. The van der Waals surface area contributed by atoms with Gasteiger partial charge in [0.05, 0.1) is 0 Å². The number of nitrogens with one attached hydrogen (secondary N) is 1. The van der Waals surface area contributed by atoms with E-state index in [1.165, 1.54) is 58.2 Å². The smallest absolute Gasteiger partial charge is 0.0471 e.